The highest BCUT2D eigenvalue weighted by atomic mass is 35.5. The van der Waals surface area contributed by atoms with Crippen molar-refractivity contribution in [2.24, 2.45) is 5.92 Å². The molecule has 152 valence electrons. The van der Waals surface area contributed by atoms with Crippen molar-refractivity contribution in [3.05, 3.63) is 65.1 Å². The number of pyridine rings is 1. The maximum absolute atomic E-state index is 12.8. The van der Waals surface area contributed by atoms with Gasteiger partial charge in [0.05, 0.1) is 0 Å². The Bertz CT molecular complexity index is 947. The number of fused-ring (bicyclic) bond motifs is 1. The number of amides is 1. The highest BCUT2D eigenvalue weighted by Gasteiger charge is 2.29. The van der Waals surface area contributed by atoms with Crippen molar-refractivity contribution in [2.45, 2.75) is 50.9 Å². The molecule has 0 saturated heterocycles. The van der Waals surface area contributed by atoms with Crippen LogP contribution < -0.4 is 5.32 Å². The summed E-state index contributed by atoms with van der Waals surface area (Å²) in [5, 5.41) is 4.99. The minimum absolute atomic E-state index is 0.118. The largest absolute Gasteiger partial charge is 0.361 e. The molecular formula is C24H28ClN3O. The summed E-state index contributed by atoms with van der Waals surface area (Å²) in [6, 6.07) is 11.8. The van der Waals surface area contributed by atoms with Crippen LogP contribution in [0.4, 0.5) is 0 Å². The molecule has 4 nitrogen and oxygen atoms in total. The third-order valence-electron chi connectivity index (χ3n) is 6.13. The Morgan fingerprint density at radius 2 is 2.07 bits per heavy atom. The van der Waals surface area contributed by atoms with Crippen LogP contribution in [0.1, 0.15) is 55.7 Å². The van der Waals surface area contributed by atoms with Crippen LogP contribution in [0.25, 0.3) is 10.9 Å². The summed E-state index contributed by atoms with van der Waals surface area (Å²) in [7, 11) is 0. The van der Waals surface area contributed by atoms with E-state index >= 15 is 0 Å². The number of aromatic nitrogens is 2. The van der Waals surface area contributed by atoms with Gasteiger partial charge in [0.1, 0.15) is 0 Å². The molecule has 1 fully saturated rings. The second-order valence-electron chi connectivity index (χ2n) is 8.06. The molecule has 0 spiro atoms. The Balaban J connectivity index is 1.48. The molecule has 1 saturated carbocycles. The molecule has 4 rings (SSSR count). The number of carbonyl (C=O) groups excluding carboxylic acids is 1. The average molecular weight is 410 g/mol. The van der Waals surface area contributed by atoms with E-state index in [9.17, 15) is 4.79 Å². The first kappa shape index (κ1) is 20.0. The molecule has 0 radical (unpaired) electrons. The first-order valence-corrected chi connectivity index (χ1v) is 11.0. The van der Waals surface area contributed by atoms with Crippen molar-refractivity contribution in [1.29, 1.82) is 0 Å². The lowest BCUT2D eigenvalue weighted by Crippen LogP contribution is -2.29. The molecule has 2 N–H and O–H groups in total. The molecule has 1 aliphatic carbocycles. The first-order chi connectivity index (χ1) is 14.2. The van der Waals surface area contributed by atoms with Gasteiger partial charge >= 0.3 is 0 Å². The predicted molar refractivity (Wildman–Crippen MR) is 118 cm³/mol. The van der Waals surface area contributed by atoms with Gasteiger partial charge in [0.15, 0.2) is 0 Å². The van der Waals surface area contributed by atoms with E-state index < -0.39 is 0 Å². The van der Waals surface area contributed by atoms with Gasteiger partial charge < -0.3 is 10.3 Å². The Morgan fingerprint density at radius 1 is 1.21 bits per heavy atom. The molecule has 0 bridgehead atoms. The van der Waals surface area contributed by atoms with Gasteiger partial charge in [-0.05, 0) is 60.6 Å². The topological polar surface area (TPSA) is 57.8 Å². The predicted octanol–water partition coefficient (Wildman–Crippen LogP) is 5.63. The summed E-state index contributed by atoms with van der Waals surface area (Å²) in [5.74, 6) is 0.883. The van der Waals surface area contributed by atoms with Gasteiger partial charge in [0.25, 0.3) is 0 Å². The Morgan fingerprint density at radius 3 is 2.86 bits per heavy atom. The van der Waals surface area contributed by atoms with Crippen LogP contribution in [-0.4, -0.2) is 22.4 Å². The van der Waals surface area contributed by atoms with Crippen LogP contribution in [0.2, 0.25) is 5.02 Å². The lowest BCUT2D eigenvalue weighted by atomic mass is 9.75. The minimum Gasteiger partial charge on any atom is -0.361 e. The standard InChI is InChI=1S/C24H28ClN3O/c25-18-9-10-23-21(14-18)22(16-28-23)20(17-6-2-1-3-7-17)15-24(29)27-13-11-19-8-4-5-12-26-19/h4-5,8-10,12,14,16-17,20,28H,1-3,6-7,11,13,15H2,(H,27,29)/t20-/m0/s1. The van der Waals surface area contributed by atoms with Gasteiger partial charge in [-0.1, -0.05) is 36.9 Å². The number of halogens is 1. The molecule has 1 atom stereocenters. The number of aromatic amines is 1. The van der Waals surface area contributed by atoms with Crippen LogP contribution in [0, 0.1) is 5.92 Å². The number of hydrogen-bond acceptors (Lipinski definition) is 2. The number of benzene rings is 1. The fourth-order valence-corrected chi connectivity index (χ4v) is 4.81. The van der Waals surface area contributed by atoms with Gasteiger partial charge in [0, 0.05) is 53.4 Å². The fraction of sp³-hybridized carbons (Fsp3) is 0.417. The number of carbonyl (C=O) groups is 1. The summed E-state index contributed by atoms with van der Waals surface area (Å²) in [4.78, 5) is 20.5. The highest BCUT2D eigenvalue weighted by molar-refractivity contribution is 6.31. The maximum Gasteiger partial charge on any atom is 0.220 e. The number of H-pyrrole nitrogens is 1. The van der Waals surface area contributed by atoms with E-state index in [2.05, 4.69) is 21.5 Å². The number of nitrogens with zero attached hydrogens (tertiary/aromatic N) is 1. The van der Waals surface area contributed by atoms with E-state index in [1.54, 1.807) is 6.20 Å². The minimum atomic E-state index is 0.118. The van der Waals surface area contributed by atoms with Crippen LogP contribution in [0.3, 0.4) is 0 Å². The molecule has 5 heteroatoms. The average Bonchev–Trinajstić information content (AvgIpc) is 3.16. The smallest absolute Gasteiger partial charge is 0.220 e. The molecular weight excluding hydrogens is 382 g/mol. The normalized spacial score (nSPS) is 16.0. The summed E-state index contributed by atoms with van der Waals surface area (Å²) in [5.41, 5.74) is 3.32. The van der Waals surface area contributed by atoms with Crippen LogP contribution in [0.15, 0.2) is 48.8 Å². The van der Waals surface area contributed by atoms with Crippen molar-refractivity contribution < 1.29 is 4.79 Å². The Hall–Kier alpha value is -2.33. The van der Waals surface area contributed by atoms with E-state index in [4.69, 9.17) is 11.6 Å². The Kier molecular flexibility index (Phi) is 6.50. The quantitative estimate of drug-likeness (QED) is 0.531. The van der Waals surface area contributed by atoms with Gasteiger partial charge in [-0.3, -0.25) is 9.78 Å². The molecule has 2 heterocycles. The molecule has 1 aliphatic rings. The Labute approximate surface area is 177 Å². The van der Waals surface area contributed by atoms with Crippen molar-refractivity contribution in [3.63, 3.8) is 0 Å². The highest BCUT2D eigenvalue weighted by Crippen LogP contribution is 2.41. The zero-order valence-corrected chi connectivity index (χ0v) is 17.4. The third kappa shape index (κ3) is 4.99. The van der Waals surface area contributed by atoms with Crippen LogP contribution >= 0.6 is 11.6 Å². The van der Waals surface area contributed by atoms with Crippen molar-refractivity contribution in [3.8, 4) is 0 Å². The zero-order valence-electron chi connectivity index (χ0n) is 16.7. The fourth-order valence-electron chi connectivity index (χ4n) is 4.64. The summed E-state index contributed by atoms with van der Waals surface area (Å²) in [6.45, 7) is 0.618. The SMILES string of the molecule is O=C(C[C@H](c1c[nH]c2ccc(Cl)cc12)C1CCCCC1)NCCc1ccccn1. The van der Waals surface area contributed by atoms with Gasteiger partial charge in [-0.15, -0.1) is 0 Å². The molecule has 0 aliphatic heterocycles. The molecule has 2 aromatic heterocycles. The van der Waals surface area contributed by atoms with Gasteiger partial charge in [-0.2, -0.15) is 0 Å². The van der Waals surface area contributed by atoms with Crippen LogP contribution in [0.5, 0.6) is 0 Å². The summed E-state index contributed by atoms with van der Waals surface area (Å²) >= 11 is 6.27. The van der Waals surface area contributed by atoms with E-state index in [1.807, 2.05) is 36.4 Å². The van der Waals surface area contributed by atoms with Gasteiger partial charge in [0.2, 0.25) is 5.91 Å². The molecule has 29 heavy (non-hydrogen) atoms. The molecule has 3 aromatic rings. The van der Waals surface area contributed by atoms with Crippen molar-refractivity contribution in [1.82, 2.24) is 15.3 Å². The second-order valence-corrected chi connectivity index (χ2v) is 8.50. The molecule has 1 aromatic carbocycles. The first-order valence-electron chi connectivity index (χ1n) is 10.6. The van der Waals surface area contributed by atoms with E-state index in [0.717, 1.165) is 28.0 Å². The second kappa shape index (κ2) is 9.45. The number of hydrogen-bond donors (Lipinski definition) is 2. The number of nitrogens with one attached hydrogen (secondary N) is 2. The lowest BCUT2D eigenvalue weighted by molar-refractivity contribution is -0.121. The lowest BCUT2D eigenvalue weighted by Gasteiger charge is -2.30. The van der Waals surface area contributed by atoms with Crippen molar-refractivity contribution >= 4 is 28.4 Å². The maximum atomic E-state index is 12.8. The molecule has 1 amide bonds. The van der Waals surface area contributed by atoms with Gasteiger partial charge in [-0.25, -0.2) is 0 Å². The van der Waals surface area contributed by atoms with E-state index in [0.29, 0.717) is 18.9 Å². The van der Waals surface area contributed by atoms with E-state index in [1.165, 1.54) is 37.7 Å². The number of rotatable bonds is 7. The zero-order chi connectivity index (χ0) is 20.1. The van der Waals surface area contributed by atoms with Crippen LogP contribution in [-0.2, 0) is 11.2 Å². The van der Waals surface area contributed by atoms with E-state index in [-0.39, 0.29) is 11.8 Å². The molecule has 0 unspecified atom stereocenters. The summed E-state index contributed by atoms with van der Waals surface area (Å²) in [6.07, 6.45) is 11.4. The summed E-state index contributed by atoms with van der Waals surface area (Å²) < 4.78 is 0. The monoisotopic (exact) mass is 409 g/mol. The third-order valence-corrected chi connectivity index (χ3v) is 6.36. The van der Waals surface area contributed by atoms with Crippen molar-refractivity contribution in [2.75, 3.05) is 6.54 Å².